The molecule has 0 aliphatic carbocycles. The molecule has 9 heteroatoms. The van der Waals surface area contributed by atoms with Crippen LogP contribution in [0.2, 0.25) is 0 Å². The van der Waals surface area contributed by atoms with Crippen LogP contribution >= 0.6 is 0 Å². The molecule has 1 aliphatic rings. The minimum Gasteiger partial charge on any atom is -0.355 e. The highest BCUT2D eigenvalue weighted by molar-refractivity contribution is 5.84. The third kappa shape index (κ3) is 5.92. The predicted octanol–water partition coefficient (Wildman–Crippen LogP) is -0.00238. The third-order valence-electron chi connectivity index (χ3n) is 4.43. The largest absolute Gasteiger partial charge is 0.355 e. The number of hydrogen-bond donors (Lipinski definition) is 4. The van der Waals surface area contributed by atoms with E-state index in [-0.39, 0.29) is 30.9 Å². The Morgan fingerprint density at radius 1 is 1.30 bits per heavy atom. The summed E-state index contributed by atoms with van der Waals surface area (Å²) in [4.78, 5) is 36.9. The Hall–Kier alpha value is -2.68. The average molecular weight is 379 g/mol. The number of benzene rings is 1. The smallest absolute Gasteiger partial charge is 0.312 e. The van der Waals surface area contributed by atoms with Crippen molar-refractivity contribution in [2.24, 2.45) is 5.73 Å². The van der Waals surface area contributed by atoms with Crippen LogP contribution in [0.5, 0.6) is 0 Å². The molecule has 0 bridgehead atoms. The van der Waals surface area contributed by atoms with Crippen molar-refractivity contribution in [3.8, 4) is 0 Å². The normalized spacial score (nSPS) is 19.5. The van der Waals surface area contributed by atoms with Gasteiger partial charge in [0.15, 0.2) is 0 Å². The van der Waals surface area contributed by atoms with E-state index in [0.29, 0.717) is 25.1 Å². The van der Waals surface area contributed by atoms with Gasteiger partial charge in [0, 0.05) is 31.2 Å². The standard InChI is InChI=1S/C18H26FN5O3/c1-3-21-17(26)15-7-13(23-16(25)8-22-18(20)27)10-24(15)9-12-5-4-11(2)6-14(12)19/h4-6,13,15H,3,7-10H2,1-2H3,(H,21,26)(H,23,25)(H3,20,22,27)/t13-,15-/m0/s1. The highest BCUT2D eigenvalue weighted by atomic mass is 19.1. The van der Waals surface area contributed by atoms with Gasteiger partial charge in [0.05, 0.1) is 12.6 Å². The minimum absolute atomic E-state index is 0.156. The van der Waals surface area contributed by atoms with Crippen LogP contribution in [0.15, 0.2) is 18.2 Å². The molecule has 4 amide bonds. The van der Waals surface area contributed by atoms with E-state index in [1.165, 1.54) is 6.07 Å². The summed E-state index contributed by atoms with van der Waals surface area (Å²) in [6, 6.07) is 3.45. The van der Waals surface area contributed by atoms with Crippen LogP contribution in [0.3, 0.4) is 0 Å². The van der Waals surface area contributed by atoms with E-state index in [1.54, 1.807) is 6.07 Å². The Morgan fingerprint density at radius 2 is 2.04 bits per heavy atom. The Labute approximate surface area is 157 Å². The summed E-state index contributed by atoms with van der Waals surface area (Å²) < 4.78 is 14.2. The number of urea groups is 1. The van der Waals surface area contributed by atoms with Gasteiger partial charge in [0.25, 0.3) is 0 Å². The number of nitrogens with one attached hydrogen (secondary N) is 3. The predicted molar refractivity (Wildman–Crippen MR) is 98.2 cm³/mol. The quantitative estimate of drug-likeness (QED) is 0.533. The molecule has 1 aliphatic heterocycles. The van der Waals surface area contributed by atoms with E-state index in [1.807, 2.05) is 24.8 Å². The maximum absolute atomic E-state index is 14.2. The summed E-state index contributed by atoms with van der Waals surface area (Å²) >= 11 is 0. The Balaban J connectivity index is 2.06. The highest BCUT2D eigenvalue weighted by Crippen LogP contribution is 2.22. The molecule has 2 atom stereocenters. The van der Waals surface area contributed by atoms with E-state index < -0.39 is 18.0 Å². The number of nitrogens with two attached hydrogens (primary N) is 1. The molecule has 1 fully saturated rings. The zero-order chi connectivity index (χ0) is 20.0. The van der Waals surface area contributed by atoms with E-state index in [0.717, 1.165) is 5.56 Å². The lowest BCUT2D eigenvalue weighted by atomic mass is 10.1. The molecule has 2 rings (SSSR count). The van der Waals surface area contributed by atoms with Gasteiger partial charge in [0.2, 0.25) is 11.8 Å². The number of rotatable bonds is 7. The van der Waals surface area contributed by atoms with Gasteiger partial charge in [-0.05, 0) is 31.9 Å². The second-order valence-corrected chi connectivity index (χ2v) is 6.65. The molecular weight excluding hydrogens is 353 g/mol. The van der Waals surface area contributed by atoms with Gasteiger partial charge in [-0.1, -0.05) is 12.1 Å². The van der Waals surface area contributed by atoms with Gasteiger partial charge in [-0.15, -0.1) is 0 Å². The monoisotopic (exact) mass is 379 g/mol. The molecule has 27 heavy (non-hydrogen) atoms. The number of hydrogen-bond acceptors (Lipinski definition) is 4. The zero-order valence-electron chi connectivity index (χ0n) is 15.5. The molecule has 0 spiro atoms. The SMILES string of the molecule is CCNC(=O)[C@@H]1C[C@H](NC(=O)CNC(N)=O)CN1Cc1ccc(C)cc1F. The third-order valence-corrected chi connectivity index (χ3v) is 4.43. The Bertz CT molecular complexity index is 712. The van der Waals surface area contributed by atoms with Crippen LogP contribution < -0.4 is 21.7 Å². The first-order valence-electron chi connectivity index (χ1n) is 8.89. The number of nitrogens with zero attached hydrogens (tertiary/aromatic N) is 1. The molecule has 1 aromatic carbocycles. The van der Waals surface area contributed by atoms with E-state index in [9.17, 15) is 18.8 Å². The van der Waals surface area contributed by atoms with Gasteiger partial charge in [0.1, 0.15) is 5.82 Å². The summed E-state index contributed by atoms with van der Waals surface area (Å²) in [5, 5.41) is 7.78. The van der Waals surface area contributed by atoms with E-state index in [4.69, 9.17) is 5.73 Å². The fourth-order valence-corrected chi connectivity index (χ4v) is 3.19. The van der Waals surface area contributed by atoms with Crippen LogP contribution in [-0.2, 0) is 16.1 Å². The highest BCUT2D eigenvalue weighted by Gasteiger charge is 2.37. The molecule has 0 aromatic heterocycles. The molecule has 0 saturated carbocycles. The van der Waals surface area contributed by atoms with E-state index >= 15 is 0 Å². The van der Waals surface area contributed by atoms with Crippen molar-refractivity contribution < 1.29 is 18.8 Å². The van der Waals surface area contributed by atoms with Gasteiger partial charge >= 0.3 is 6.03 Å². The number of carbonyl (C=O) groups is 3. The summed E-state index contributed by atoms with van der Waals surface area (Å²) in [7, 11) is 0. The maximum Gasteiger partial charge on any atom is 0.312 e. The van der Waals surface area contributed by atoms with Crippen LogP contribution in [0.4, 0.5) is 9.18 Å². The lowest BCUT2D eigenvalue weighted by Gasteiger charge is -2.23. The van der Waals surface area contributed by atoms with E-state index in [2.05, 4.69) is 16.0 Å². The van der Waals surface area contributed by atoms with Crippen molar-refractivity contribution in [3.05, 3.63) is 35.1 Å². The fraction of sp³-hybridized carbons (Fsp3) is 0.500. The fourth-order valence-electron chi connectivity index (χ4n) is 3.19. The van der Waals surface area contributed by atoms with Crippen molar-refractivity contribution in [1.82, 2.24) is 20.9 Å². The first-order chi connectivity index (χ1) is 12.8. The summed E-state index contributed by atoms with van der Waals surface area (Å²) in [5.74, 6) is -0.864. The second kappa shape index (κ2) is 9.31. The lowest BCUT2D eigenvalue weighted by molar-refractivity contribution is -0.125. The summed E-state index contributed by atoms with van der Waals surface area (Å²) in [6.07, 6.45) is 0.404. The first kappa shape index (κ1) is 20.6. The van der Waals surface area contributed by atoms with Crippen LogP contribution in [0.25, 0.3) is 0 Å². The summed E-state index contributed by atoms with van der Waals surface area (Å²) in [5.41, 5.74) is 6.27. The Morgan fingerprint density at radius 3 is 2.67 bits per heavy atom. The Kier molecular flexibility index (Phi) is 7.12. The van der Waals surface area contributed by atoms with Crippen molar-refractivity contribution in [2.75, 3.05) is 19.6 Å². The number of likely N-dealkylation sites (N-methyl/N-ethyl adjacent to an activating group) is 1. The zero-order valence-corrected chi connectivity index (χ0v) is 15.5. The lowest BCUT2D eigenvalue weighted by Crippen LogP contribution is -2.44. The molecule has 5 N–H and O–H groups in total. The number of carbonyl (C=O) groups excluding carboxylic acids is 3. The van der Waals surface area contributed by atoms with Gasteiger partial charge in [-0.3, -0.25) is 14.5 Å². The summed E-state index contributed by atoms with van der Waals surface area (Å²) in [6.45, 7) is 4.56. The van der Waals surface area contributed by atoms with Gasteiger partial charge in [-0.25, -0.2) is 9.18 Å². The van der Waals surface area contributed by atoms with Gasteiger partial charge < -0.3 is 21.7 Å². The topological polar surface area (TPSA) is 117 Å². The van der Waals surface area contributed by atoms with Crippen molar-refractivity contribution >= 4 is 17.8 Å². The molecule has 0 radical (unpaired) electrons. The number of aryl methyl sites for hydroxylation is 1. The molecule has 0 unspecified atom stereocenters. The molecule has 1 aromatic rings. The first-order valence-corrected chi connectivity index (χ1v) is 8.89. The number of halogens is 1. The average Bonchev–Trinajstić information content (AvgIpc) is 2.98. The van der Waals surface area contributed by atoms with Crippen molar-refractivity contribution in [3.63, 3.8) is 0 Å². The molecule has 148 valence electrons. The minimum atomic E-state index is -0.784. The number of likely N-dealkylation sites (tertiary alicyclic amines) is 1. The van der Waals surface area contributed by atoms with Gasteiger partial charge in [-0.2, -0.15) is 0 Å². The molecule has 8 nitrogen and oxygen atoms in total. The molecular formula is C18H26FN5O3. The number of amides is 4. The molecule has 1 saturated heterocycles. The van der Waals surface area contributed by atoms with Crippen LogP contribution in [-0.4, -0.2) is 54.5 Å². The van der Waals surface area contributed by atoms with Crippen LogP contribution in [0.1, 0.15) is 24.5 Å². The second-order valence-electron chi connectivity index (χ2n) is 6.65. The van der Waals surface area contributed by atoms with Crippen molar-refractivity contribution in [2.45, 2.75) is 38.9 Å². The maximum atomic E-state index is 14.2. The van der Waals surface area contributed by atoms with Crippen LogP contribution in [0, 0.1) is 12.7 Å². The number of primary amides is 1. The van der Waals surface area contributed by atoms with Crippen molar-refractivity contribution in [1.29, 1.82) is 0 Å². The molecule has 1 heterocycles.